The molecule has 0 aromatic heterocycles. The molecule has 0 atom stereocenters. The normalized spacial score (nSPS) is 10.0. The first-order chi connectivity index (χ1) is 12.2. The second-order valence-electron chi connectivity index (χ2n) is 4.85. The minimum atomic E-state index is -0.935. The second kappa shape index (κ2) is 7.21. The number of hydrogen-bond acceptors (Lipinski definition) is 8. The minimum absolute atomic E-state index is 0.0686. The van der Waals surface area contributed by atoms with Crippen molar-refractivity contribution in [1.82, 2.24) is 0 Å². The smallest absolute Gasteiger partial charge is 0.277 e. The van der Waals surface area contributed by atoms with E-state index in [9.17, 15) is 35.1 Å². The van der Waals surface area contributed by atoms with Crippen molar-refractivity contribution in [3.05, 3.63) is 72.3 Å². The van der Waals surface area contributed by atoms with Gasteiger partial charge in [0.2, 0.25) is 0 Å². The molecule has 0 fully saturated rings. The third-order valence-corrected chi connectivity index (χ3v) is 3.23. The van der Waals surface area contributed by atoms with Gasteiger partial charge in [0.1, 0.15) is 5.75 Å². The van der Waals surface area contributed by atoms with Crippen LogP contribution in [0.1, 0.15) is 10.4 Å². The standard InChI is InChI=1S/C14H10N4O8/c1-26-13-3-2-9(16(20)21)7-12(13)15-14(19)8-4-10(17(22)23)6-11(5-8)18(24)25/h2-7H,1H3,(H,15,19). The summed E-state index contributed by atoms with van der Waals surface area (Å²) >= 11 is 0. The molecule has 0 saturated heterocycles. The van der Waals surface area contributed by atoms with Gasteiger partial charge in [0, 0.05) is 24.3 Å². The van der Waals surface area contributed by atoms with Crippen molar-refractivity contribution >= 4 is 28.7 Å². The van der Waals surface area contributed by atoms with Crippen molar-refractivity contribution in [3.63, 3.8) is 0 Å². The summed E-state index contributed by atoms with van der Waals surface area (Å²) in [6.45, 7) is 0. The molecular weight excluding hydrogens is 352 g/mol. The number of ether oxygens (including phenoxy) is 1. The SMILES string of the molecule is COc1ccc([N+](=O)[O-])cc1NC(=O)c1cc([N+](=O)[O-])cc([N+](=O)[O-])c1. The van der Waals surface area contributed by atoms with E-state index in [0.29, 0.717) is 6.07 Å². The number of methoxy groups -OCH3 is 1. The molecule has 0 heterocycles. The van der Waals surface area contributed by atoms with E-state index in [0.717, 1.165) is 24.3 Å². The molecule has 12 nitrogen and oxygen atoms in total. The van der Waals surface area contributed by atoms with Gasteiger partial charge in [0.05, 0.1) is 39.2 Å². The first-order valence-electron chi connectivity index (χ1n) is 6.80. The highest BCUT2D eigenvalue weighted by Gasteiger charge is 2.21. The fourth-order valence-corrected chi connectivity index (χ4v) is 2.04. The van der Waals surface area contributed by atoms with Gasteiger partial charge in [-0.15, -0.1) is 0 Å². The maximum absolute atomic E-state index is 12.3. The zero-order valence-electron chi connectivity index (χ0n) is 13.1. The van der Waals surface area contributed by atoms with Gasteiger partial charge in [-0.05, 0) is 6.07 Å². The van der Waals surface area contributed by atoms with E-state index in [1.807, 2.05) is 0 Å². The van der Waals surface area contributed by atoms with Crippen molar-refractivity contribution in [2.24, 2.45) is 0 Å². The van der Waals surface area contributed by atoms with Gasteiger partial charge in [-0.1, -0.05) is 0 Å². The molecule has 0 aliphatic rings. The van der Waals surface area contributed by atoms with Crippen molar-refractivity contribution in [3.8, 4) is 5.75 Å². The topological polar surface area (TPSA) is 168 Å². The third kappa shape index (κ3) is 3.87. The number of benzene rings is 2. The Morgan fingerprint density at radius 3 is 1.88 bits per heavy atom. The summed E-state index contributed by atoms with van der Waals surface area (Å²) in [5.74, 6) is -0.834. The predicted molar refractivity (Wildman–Crippen MR) is 87.4 cm³/mol. The number of nitro benzene ring substituents is 3. The van der Waals surface area contributed by atoms with Crippen molar-refractivity contribution in [1.29, 1.82) is 0 Å². The maximum Gasteiger partial charge on any atom is 0.277 e. The van der Waals surface area contributed by atoms with Crippen LogP contribution in [0.4, 0.5) is 22.7 Å². The number of carbonyl (C=O) groups is 1. The lowest BCUT2D eigenvalue weighted by atomic mass is 10.1. The Balaban J connectivity index is 2.44. The monoisotopic (exact) mass is 362 g/mol. The van der Waals surface area contributed by atoms with E-state index in [-0.39, 0.29) is 22.7 Å². The van der Waals surface area contributed by atoms with Crippen LogP contribution in [-0.4, -0.2) is 27.8 Å². The summed E-state index contributed by atoms with van der Waals surface area (Å²) in [5, 5.41) is 34.9. The van der Waals surface area contributed by atoms with Crippen LogP contribution in [0.15, 0.2) is 36.4 Å². The second-order valence-corrected chi connectivity index (χ2v) is 4.85. The molecule has 0 unspecified atom stereocenters. The van der Waals surface area contributed by atoms with Crippen molar-refractivity contribution in [2.45, 2.75) is 0 Å². The average molecular weight is 362 g/mol. The lowest BCUT2D eigenvalue weighted by molar-refractivity contribution is -0.394. The number of non-ortho nitro benzene ring substituents is 3. The molecule has 0 bridgehead atoms. The number of hydrogen-bond donors (Lipinski definition) is 1. The van der Waals surface area contributed by atoms with Gasteiger partial charge in [0.25, 0.3) is 23.0 Å². The van der Waals surface area contributed by atoms with Gasteiger partial charge < -0.3 is 10.1 Å². The van der Waals surface area contributed by atoms with E-state index >= 15 is 0 Å². The van der Waals surface area contributed by atoms with Crippen molar-refractivity contribution in [2.75, 3.05) is 12.4 Å². The van der Waals surface area contributed by atoms with E-state index in [1.54, 1.807) is 0 Å². The van der Waals surface area contributed by atoms with E-state index in [4.69, 9.17) is 4.74 Å². The van der Waals surface area contributed by atoms with Crippen LogP contribution in [0, 0.1) is 30.3 Å². The lowest BCUT2D eigenvalue weighted by Gasteiger charge is -2.10. The molecule has 0 spiro atoms. The summed E-state index contributed by atoms with van der Waals surface area (Å²) in [4.78, 5) is 42.5. The highest BCUT2D eigenvalue weighted by Crippen LogP contribution is 2.30. The van der Waals surface area contributed by atoms with Crippen LogP contribution in [0.3, 0.4) is 0 Å². The molecule has 12 heteroatoms. The number of amides is 1. The summed E-state index contributed by atoms with van der Waals surface area (Å²) < 4.78 is 4.99. The fourth-order valence-electron chi connectivity index (χ4n) is 2.04. The summed E-state index contributed by atoms with van der Waals surface area (Å²) in [5.41, 5.74) is -2.04. The number of nitrogens with one attached hydrogen (secondary N) is 1. The molecule has 0 aliphatic carbocycles. The van der Waals surface area contributed by atoms with Crippen LogP contribution in [0.2, 0.25) is 0 Å². The van der Waals surface area contributed by atoms with Gasteiger partial charge in [-0.3, -0.25) is 35.1 Å². The molecule has 2 rings (SSSR count). The zero-order valence-corrected chi connectivity index (χ0v) is 13.1. The average Bonchev–Trinajstić information content (AvgIpc) is 2.60. The fraction of sp³-hybridized carbons (Fsp3) is 0.0714. The predicted octanol–water partition coefficient (Wildman–Crippen LogP) is 2.67. The van der Waals surface area contributed by atoms with Crippen LogP contribution < -0.4 is 10.1 Å². The Hall–Kier alpha value is -4.09. The first-order valence-corrected chi connectivity index (χ1v) is 6.80. The zero-order chi connectivity index (χ0) is 19.4. The Labute approximate surface area is 144 Å². The minimum Gasteiger partial charge on any atom is -0.495 e. The van der Waals surface area contributed by atoms with Crippen LogP contribution in [0.25, 0.3) is 0 Å². The number of nitrogens with zero attached hydrogens (tertiary/aromatic N) is 3. The Bertz CT molecular complexity index is 895. The van der Waals surface area contributed by atoms with Gasteiger partial charge in [-0.2, -0.15) is 0 Å². The van der Waals surface area contributed by atoms with Gasteiger partial charge in [-0.25, -0.2) is 0 Å². The van der Waals surface area contributed by atoms with E-state index < -0.39 is 32.1 Å². The highest BCUT2D eigenvalue weighted by atomic mass is 16.6. The number of nitro groups is 3. The molecule has 2 aromatic rings. The van der Waals surface area contributed by atoms with E-state index in [1.165, 1.54) is 13.2 Å². The Kier molecular flexibility index (Phi) is 5.06. The molecular formula is C14H10N4O8. The molecule has 26 heavy (non-hydrogen) atoms. The third-order valence-electron chi connectivity index (χ3n) is 3.23. The van der Waals surface area contributed by atoms with Gasteiger partial charge in [0.15, 0.2) is 0 Å². The first kappa shape index (κ1) is 18.3. The number of anilines is 1. The number of rotatable bonds is 6. The maximum atomic E-state index is 12.3. The number of carbonyl (C=O) groups excluding carboxylic acids is 1. The molecule has 1 N–H and O–H groups in total. The lowest BCUT2D eigenvalue weighted by Crippen LogP contribution is -2.13. The molecule has 0 radical (unpaired) electrons. The summed E-state index contributed by atoms with van der Waals surface area (Å²) in [7, 11) is 1.27. The molecule has 2 aromatic carbocycles. The largest absolute Gasteiger partial charge is 0.495 e. The molecule has 0 aliphatic heterocycles. The summed E-state index contributed by atoms with van der Waals surface area (Å²) in [6.07, 6.45) is 0. The van der Waals surface area contributed by atoms with Crippen LogP contribution in [0.5, 0.6) is 5.75 Å². The van der Waals surface area contributed by atoms with Crippen LogP contribution in [-0.2, 0) is 0 Å². The van der Waals surface area contributed by atoms with Gasteiger partial charge >= 0.3 is 0 Å². The van der Waals surface area contributed by atoms with Crippen molar-refractivity contribution < 1.29 is 24.3 Å². The van der Waals surface area contributed by atoms with E-state index in [2.05, 4.69) is 5.32 Å². The summed E-state index contributed by atoms with van der Waals surface area (Å²) in [6, 6.07) is 5.86. The Morgan fingerprint density at radius 2 is 1.42 bits per heavy atom. The quantitative estimate of drug-likeness (QED) is 0.604. The molecule has 1 amide bonds. The van der Waals surface area contributed by atoms with Crippen LogP contribution >= 0.6 is 0 Å². The Morgan fingerprint density at radius 1 is 0.885 bits per heavy atom. The highest BCUT2D eigenvalue weighted by molar-refractivity contribution is 6.06. The molecule has 134 valence electrons. The molecule has 0 saturated carbocycles.